The summed E-state index contributed by atoms with van der Waals surface area (Å²) in [5, 5.41) is 2.76. The lowest BCUT2D eigenvalue weighted by Gasteiger charge is -2.35. The maximum atomic E-state index is 13.6. The minimum Gasteiger partial charge on any atom is -0.435 e. The number of carbonyl (C=O) groups excluding carboxylic acids is 2. The molecule has 4 rings (SSSR count). The summed E-state index contributed by atoms with van der Waals surface area (Å²) in [6.07, 6.45) is -0.112. The van der Waals surface area contributed by atoms with Crippen molar-refractivity contribution >= 4 is 17.5 Å². The normalized spacial score (nSPS) is 18.4. The maximum absolute atomic E-state index is 13.6. The summed E-state index contributed by atoms with van der Waals surface area (Å²) in [5.41, 5.74) is 3.68. The number of ether oxygens (including phenoxy) is 1. The van der Waals surface area contributed by atoms with Crippen molar-refractivity contribution in [1.82, 2.24) is 9.88 Å². The predicted octanol–water partition coefficient (Wildman–Crippen LogP) is 5.51. The van der Waals surface area contributed by atoms with E-state index >= 15 is 0 Å². The van der Waals surface area contributed by atoms with E-state index in [0.717, 1.165) is 5.56 Å². The third-order valence-corrected chi connectivity index (χ3v) is 6.00. The number of rotatable bonds is 4. The molecule has 1 fully saturated rings. The van der Waals surface area contributed by atoms with Gasteiger partial charge < -0.3 is 19.4 Å². The lowest BCUT2D eigenvalue weighted by Crippen LogP contribution is -2.48. The first-order valence-corrected chi connectivity index (χ1v) is 12.0. The molecule has 184 valence electrons. The number of carbonyl (C=O) groups is 2. The molecule has 3 aromatic rings. The Morgan fingerprint density at radius 3 is 2.06 bits per heavy atom. The molecular weight excluding hydrogens is 442 g/mol. The molecule has 35 heavy (non-hydrogen) atoms. The fourth-order valence-electron chi connectivity index (χ4n) is 4.30. The van der Waals surface area contributed by atoms with Gasteiger partial charge in [-0.15, -0.1) is 0 Å². The van der Waals surface area contributed by atoms with E-state index in [9.17, 15) is 9.59 Å². The number of anilines is 1. The van der Waals surface area contributed by atoms with Crippen molar-refractivity contribution in [2.45, 2.75) is 59.2 Å². The van der Waals surface area contributed by atoms with Crippen molar-refractivity contribution in [2.24, 2.45) is 0 Å². The molecule has 0 saturated carbocycles. The predicted molar refractivity (Wildman–Crippen MR) is 136 cm³/mol. The van der Waals surface area contributed by atoms with Crippen LogP contribution in [0.1, 0.15) is 57.6 Å². The molecule has 0 aliphatic carbocycles. The fraction of sp³-hybridized carbons (Fsp3) is 0.393. The van der Waals surface area contributed by atoms with Gasteiger partial charge in [-0.1, -0.05) is 32.9 Å². The largest absolute Gasteiger partial charge is 0.435 e. The van der Waals surface area contributed by atoms with Crippen molar-refractivity contribution in [3.05, 3.63) is 59.8 Å². The van der Waals surface area contributed by atoms with Gasteiger partial charge in [0, 0.05) is 36.8 Å². The van der Waals surface area contributed by atoms with Crippen molar-refractivity contribution in [3.8, 4) is 22.8 Å². The third-order valence-electron chi connectivity index (χ3n) is 6.00. The zero-order valence-corrected chi connectivity index (χ0v) is 21.2. The third kappa shape index (κ3) is 5.62. The van der Waals surface area contributed by atoms with Crippen LogP contribution in [-0.4, -0.2) is 47.0 Å². The van der Waals surface area contributed by atoms with Crippen LogP contribution in [0.5, 0.6) is 0 Å². The molecule has 2 heterocycles. The molecule has 1 N–H and O–H groups in total. The monoisotopic (exact) mass is 475 g/mol. The molecule has 0 radical (unpaired) electrons. The van der Waals surface area contributed by atoms with Crippen LogP contribution in [0.3, 0.4) is 0 Å². The van der Waals surface area contributed by atoms with Gasteiger partial charge in [0.1, 0.15) is 0 Å². The first-order chi connectivity index (χ1) is 16.5. The Morgan fingerprint density at radius 1 is 0.943 bits per heavy atom. The van der Waals surface area contributed by atoms with Crippen LogP contribution >= 0.6 is 0 Å². The van der Waals surface area contributed by atoms with E-state index in [-0.39, 0.29) is 35.1 Å². The number of hydrogen-bond donors (Lipinski definition) is 1. The highest BCUT2D eigenvalue weighted by Crippen LogP contribution is 2.33. The minimum atomic E-state index is -0.186. The van der Waals surface area contributed by atoms with E-state index in [4.69, 9.17) is 9.15 Å². The summed E-state index contributed by atoms with van der Waals surface area (Å²) in [5.74, 6) is 0.467. The maximum Gasteiger partial charge on any atom is 0.276 e. The number of benzene rings is 2. The number of aromatic nitrogens is 1. The number of nitrogens with one attached hydrogen (secondary N) is 1. The van der Waals surface area contributed by atoms with Crippen LogP contribution in [0.25, 0.3) is 22.8 Å². The summed E-state index contributed by atoms with van der Waals surface area (Å²) in [7, 11) is 0. The van der Waals surface area contributed by atoms with Crippen molar-refractivity contribution in [3.63, 3.8) is 0 Å². The molecule has 1 aromatic heterocycles. The van der Waals surface area contributed by atoms with Gasteiger partial charge in [0.05, 0.1) is 12.2 Å². The Bertz CT molecular complexity index is 1200. The second-order valence-corrected chi connectivity index (χ2v) is 10.3. The minimum absolute atomic E-state index is 0.0286. The van der Waals surface area contributed by atoms with Gasteiger partial charge in [-0.25, -0.2) is 4.98 Å². The van der Waals surface area contributed by atoms with Gasteiger partial charge in [-0.05, 0) is 61.2 Å². The molecule has 2 unspecified atom stereocenters. The van der Waals surface area contributed by atoms with Crippen LogP contribution in [-0.2, 0) is 14.9 Å². The summed E-state index contributed by atoms with van der Waals surface area (Å²) in [4.78, 5) is 31.5. The second kappa shape index (κ2) is 9.66. The van der Waals surface area contributed by atoms with Gasteiger partial charge in [0.15, 0.2) is 11.5 Å². The molecule has 2 amide bonds. The molecular formula is C28H33N3O4. The number of amides is 2. The molecule has 2 atom stereocenters. The van der Waals surface area contributed by atoms with Crippen molar-refractivity contribution < 1.29 is 18.7 Å². The van der Waals surface area contributed by atoms with Crippen LogP contribution in [0.2, 0.25) is 0 Å². The molecule has 1 aliphatic heterocycles. The Labute approximate surface area is 206 Å². The van der Waals surface area contributed by atoms with Crippen LogP contribution < -0.4 is 5.32 Å². The summed E-state index contributed by atoms with van der Waals surface area (Å²) >= 11 is 0. The SMILES string of the molecule is CC(=O)Nc1ccc(-c2oc(-c3ccc(C(C)(C)C)cc3)nc2C(=O)N2CC(C)OC(C)C2)cc1. The number of nitrogens with zero attached hydrogens (tertiary/aromatic N) is 2. The van der Waals surface area contributed by atoms with Gasteiger partial charge in [-0.2, -0.15) is 0 Å². The molecule has 1 saturated heterocycles. The lowest BCUT2D eigenvalue weighted by atomic mass is 9.87. The quantitative estimate of drug-likeness (QED) is 0.538. The second-order valence-electron chi connectivity index (χ2n) is 10.3. The van der Waals surface area contributed by atoms with Crippen molar-refractivity contribution in [1.29, 1.82) is 0 Å². The highest BCUT2D eigenvalue weighted by atomic mass is 16.5. The Kier molecular flexibility index (Phi) is 6.81. The molecule has 7 nitrogen and oxygen atoms in total. The zero-order valence-electron chi connectivity index (χ0n) is 21.2. The Morgan fingerprint density at radius 2 is 1.51 bits per heavy atom. The van der Waals surface area contributed by atoms with Gasteiger partial charge in [0.25, 0.3) is 5.91 Å². The highest BCUT2D eigenvalue weighted by molar-refractivity contribution is 5.98. The summed E-state index contributed by atoms with van der Waals surface area (Å²) in [6, 6.07) is 15.3. The number of morpholine rings is 1. The van der Waals surface area contributed by atoms with E-state index < -0.39 is 0 Å². The van der Waals surface area contributed by atoms with Crippen LogP contribution in [0.4, 0.5) is 5.69 Å². The standard InChI is InChI=1S/C28H33N3O4/c1-17-15-31(16-18(2)34-17)27(33)24-25(20-9-13-23(14-10-20)29-19(3)32)35-26(30-24)21-7-11-22(12-8-21)28(4,5)6/h7-14,17-18H,15-16H2,1-6H3,(H,29,32). The van der Waals surface area contributed by atoms with Crippen LogP contribution in [0, 0.1) is 0 Å². The fourth-order valence-corrected chi connectivity index (χ4v) is 4.30. The average molecular weight is 476 g/mol. The molecule has 0 spiro atoms. The van der Waals surface area contributed by atoms with E-state index in [1.165, 1.54) is 12.5 Å². The Balaban J connectivity index is 1.74. The van der Waals surface area contributed by atoms with E-state index in [2.05, 4.69) is 43.2 Å². The lowest BCUT2D eigenvalue weighted by molar-refractivity contribution is -0.114. The molecule has 7 heteroatoms. The number of hydrogen-bond acceptors (Lipinski definition) is 5. The molecule has 1 aliphatic rings. The van der Waals surface area contributed by atoms with Crippen LogP contribution in [0.15, 0.2) is 52.9 Å². The first-order valence-electron chi connectivity index (χ1n) is 12.0. The van der Waals surface area contributed by atoms with Crippen molar-refractivity contribution in [2.75, 3.05) is 18.4 Å². The van der Waals surface area contributed by atoms with Gasteiger partial charge in [-0.3, -0.25) is 9.59 Å². The molecule has 2 aromatic carbocycles. The van der Waals surface area contributed by atoms with Gasteiger partial charge in [0.2, 0.25) is 11.8 Å². The van der Waals surface area contributed by atoms with E-state index in [1.54, 1.807) is 17.0 Å². The summed E-state index contributed by atoms with van der Waals surface area (Å²) < 4.78 is 12.0. The van der Waals surface area contributed by atoms with E-state index in [1.807, 2.05) is 38.1 Å². The topological polar surface area (TPSA) is 84.7 Å². The van der Waals surface area contributed by atoms with E-state index in [0.29, 0.717) is 36.0 Å². The smallest absolute Gasteiger partial charge is 0.276 e. The highest BCUT2D eigenvalue weighted by Gasteiger charge is 2.31. The number of oxazole rings is 1. The summed E-state index contributed by atoms with van der Waals surface area (Å²) in [6.45, 7) is 12.9. The molecule has 0 bridgehead atoms. The zero-order chi connectivity index (χ0) is 25.3. The average Bonchev–Trinajstić information content (AvgIpc) is 3.23. The first kappa shape index (κ1) is 24.7. The van der Waals surface area contributed by atoms with Gasteiger partial charge >= 0.3 is 0 Å². The Hall–Kier alpha value is -3.45.